The van der Waals surface area contributed by atoms with Crippen LogP contribution < -0.4 is 10.6 Å². The number of hydrogen-bond donors (Lipinski definition) is 3. The first kappa shape index (κ1) is 9.34. The zero-order valence-electron chi connectivity index (χ0n) is 8.72. The molecule has 0 spiro atoms. The van der Waals surface area contributed by atoms with Crippen molar-refractivity contribution in [1.29, 1.82) is 0 Å². The molecule has 2 aromatic heterocycles. The lowest BCUT2D eigenvalue weighted by molar-refractivity contribution is 0.750. The van der Waals surface area contributed by atoms with Crippen molar-refractivity contribution < 1.29 is 0 Å². The molecule has 3 heterocycles. The van der Waals surface area contributed by atoms with Gasteiger partial charge in [0.2, 0.25) is 5.95 Å². The normalized spacial score (nSPS) is 20.6. The molecule has 0 saturated carbocycles. The molecule has 1 aliphatic heterocycles. The van der Waals surface area contributed by atoms with Gasteiger partial charge < -0.3 is 10.6 Å². The average Bonchev–Trinajstić information content (AvgIpc) is 2.97. The third kappa shape index (κ3) is 1.54. The van der Waals surface area contributed by atoms with Gasteiger partial charge in [-0.25, -0.2) is 0 Å². The first-order valence-corrected chi connectivity index (χ1v) is 5.25. The van der Waals surface area contributed by atoms with Crippen LogP contribution in [-0.4, -0.2) is 44.5 Å². The molecule has 1 fully saturated rings. The molecule has 2 aromatic rings. The Hall–Kier alpha value is -1.89. The Morgan fingerprint density at radius 1 is 1.50 bits per heavy atom. The lowest BCUT2D eigenvalue weighted by atomic mass is 10.3. The lowest BCUT2D eigenvalue weighted by Crippen LogP contribution is -2.26. The fraction of sp³-hybridized carbons (Fsp3) is 0.444. The van der Waals surface area contributed by atoms with Crippen LogP contribution in [0.5, 0.6) is 0 Å². The summed E-state index contributed by atoms with van der Waals surface area (Å²) in [6.07, 6.45) is 4.48. The molecule has 1 aliphatic rings. The van der Waals surface area contributed by atoms with Gasteiger partial charge in [0.15, 0.2) is 5.82 Å². The molecule has 0 bridgehead atoms. The van der Waals surface area contributed by atoms with E-state index in [1.54, 1.807) is 12.4 Å². The molecular formula is C9H13N7. The van der Waals surface area contributed by atoms with Crippen LogP contribution in [0.4, 0.5) is 5.95 Å². The highest BCUT2D eigenvalue weighted by molar-refractivity contribution is 5.53. The molecule has 4 N–H and O–H groups in total. The molecule has 0 radical (unpaired) electrons. The standard InChI is InChI=1S/C9H13N7/c10-7-1-2-16(5-7)9-13-8(14-15-9)6-3-11-12-4-6/h3-4,7H,1-2,5,10H2,(H,11,12)(H,13,14,15). The van der Waals surface area contributed by atoms with Crippen molar-refractivity contribution in [3.63, 3.8) is 0 Å². The van der Waals surface area contributed by atoms with Crippen LogP contribution in [0.25, 0.3) is 11.4 Å². The van der Waals surface area contributed by atoms with Crippen molar-refractivity contribution in [2.75, 3.05) is 18.0 Å². The predicted octanol–water partition coefficient (Wildman–Crippen LogP) is -0.268. The van der Waals surface area contributed by atoms with Crippen LogP contribution in [0.1, 0.15) is 6.42 Å². The highest BCUT2D eigenvalue weighted by Gasteiger charge is 2.22. The van der Waals surface area contributed by atoms with E-state index in [1.165, 1.54) is 0 Å². The number of nitrogens with zero attached hydrogens (tertiary/aromatic N) is 4. The summed E-state index contributed by atoms with van der Waals surface area (Å²) >= 11 is 0. The Kier molecular flexibility index (Phi) is 2.10. The second-order valence-electron chi connectivity index (χ2n) is 3.97. The zero-order chi connectivity index (χ0) is 11.0. The van der Waals surface area contributed by atoms with E-state index in [2.05, 4.69) is 30.3 Å². The fourth-order valence-electron chi connectivity index (χ4n) is 1.87. The SMILES string of the molecule is NC1CCN(c2n[nH]c(-c3cn[nH]c3)n2)C1. The monoisotopic (exact) mass is 219 g/mol. The molecule has 7 nitrogen and oxygen atoms in total. The summed E-state index contributed by atoms with van der Waals surface area (Å²) in [4.78, 5) is 6.50. The van der Waals surface area contributed by atoms with Gasteiger partial charge in [-0.2, -0.15) is 10.1 Å². The largest absolute Gasteiger partial charge is 0.338 e. The van der Waals surface area contributed by atoms with E-state index in [1.807, 2.05) is 0 Å². The Morgan fingerprint density at radius 3 is 3.12 bits per heavy atom. The van der Waals surface area contributed by atoms with Gasteiger partial charge in [-0.1, -0.05) is 0 Å². The van der Waals surface area contributed by atoms with Gasteiger partial charge in [-0.05, 0) is 6.42 Å². The predicted molar refractivity (Wildman–Crippen MR) is 58.8 cm³/mol. The molecule has 0 amide bonds. The first-order chi connectivity index (χ1) is 7.83. The van der Waals surface area contributed by atoms with Gasteiger partial charge in [0.1, 0.15) is 0 Å². The van der Waals surface area contributed by atoms with Crippen molar-refractivity contribution in [2.45, 2.75) is 12.5 Å². The summed E-state index contributed by atoms with van der Waals surface area (Å²) < 4.78 is 0. The van der Waals surface area contributed by atoms with Gasteiger partial charge in [0.25, 0.3) is 0 Å². The summed E-state index contributed by atoms with van der Waals surface area (Å²) in [7, 11) is 0. The van der Waals surface area contributed by atoms with Gasteiger partial charge >= 0.3 is 0 Å². The Labute approximate surface area is 92.1 Å². The van der Waals surface area contributed by atoms with Crippen molar-refractivity contribution in [3.05, 3.63) is 12.4 Å². The lowest BCUT2D eigenvalue weighted by Gasteiger charge is -2.11. The molecule has 16 heavy (non-hydrogen) atoms. The smallest absolute Gasteiger partial charge is 0.245 e. The topological polar surface area (TPSA) is 99.5 Å². The Balaban J connectivity index is 1.83. The first-order valence-electron chi connectivity index (χ1n) is 5.25. The molecule has 84 valence electrons. The van der Waals surface area contributed by atoms with Crippen molar-refractivity contribution >= 4 is 5.95 Å². The van der Waals surface area contributed by atoms with E-state index in [4.69, 9.17) is 5.73 Å². The molecule has 7 heteroatoms. The van der Waals surface area contributed by atoms with Gasteiger partial charge in [0, 0.05) is 25.3 Å². The number of H-pyrrole nitrogens is 2. The molecule has 0 aromatic carbocycles. The number of aromatic amines is 2. The highest BCUT2D eigenvalue weighted by atomic mass is 15.4. The molecular weight excluding hydrogens is 206 g/mol. The van der Waals surface area contributed by atoms with E-state index >= 15 is 0 Å². The number of anilines is 1. The van der Waals surface area contributed by atoms with Crippen LogP contribution in [0.15, 0.2) is 12.4 Å². The minimum Gasteiger partial charge on any atom is -0.338 e. The molecule has 1 atom stereocenters. The minimum atomic E-state index is 0.232. The summed E-state index contributed by atoms with van der Waals surface area (Å²) in [5, 5.41) is 13.7. The van der Waals surface area contributed by atoms with E-state index in [0.717, 1.165) is 30.9 Å². The number of nitrogens with two attached hydrogens (primary N) is 1. The minimum absolute atomic E-state index is 0.232. The quantitative estimate of drug-likeness (QED) is 0.645. The fourth-order valence-corrected chi connectivity index (χ4v) is 1.87. The van der Waals surface area contributed by atoms with Crippen LogP contribution >= 0.6 is 0 Å². The van der Waals surface area contributed by atoms with E-state index in [9.17, 15) is 0 Å². The molecule has 1 unspecified atom stereocenters. The van der Waals surface area contributed by atoms with Crippen LogP contribution in [0.3, 0.4) is 0 Å². The summed E-state index contributed by atoms with van der Waals surface area (Å²) in [6, 6.07) is 0.232. The van der Waals surface area contributed by atoms with Crippen LogP contribution in [0, 0.1) is 0 Å². The van der Waals surface area contributed by atoms with Gasteiger partial charge in [-0.15, -0.1) is 5.10 Å². The average molecular weight is 219 g/mol. The Bertz CT molecular complexity index is 460. The maximum atomic E-state index is 5.84. The highest BCUT2D eigenvalue weighted by Crippen LogP contribution is 2.18. The summed E-state index contributed by atoms with van der Waals surface area (Å²) in [5.74, 6) is 1.44. The second-order valence-corrected chi connectivity index (χ2v) is 3.97. The third-order valence-corrected chi connectivity index (χ3v) is 2.75. The number of rotatable bonds is 2. The van der Waals surface area contributed by atoms with E-state index < -0.39 is 0 Å². The van der Waals surface area contributed by atoms with Crippen LogP contribution in [0.2, 0.25) is 0 Å². The van der Waals surface area contributed by atoms with Crippen LogP contribution in [-0.2, 0) is 0 Å². The van der Waals surface area contributed by atoms with Gasteiger partial charge in [-0.3, -0.25) is 10.2 Å². The summed E-state index contributed by atoms with van der Waals surface area (Å²) in [6.45, 7) is 1.74. The molecule has 3 rings (SSSR count). The maximum absolute atomic E-state index is 5.84. The second kappa shape index (κ2) is 3.60. The van der Waals surface area contributed by atoms with Crippen molar-refractivity contribution in [2.24, 2.45) is 5.73 Å². The molecule has 0 aliphatic carbocycles. The van der Waals surface area contributed by atoms with Crippen molar-refractivity contribution in [1.82, 2.24) is 25.4 Å². The van der Waals surface area contributed by atoms with E-state index in [-0.39, 0.29) is 6.04 Å². The van der Waals surface area contributed by atoms with Crippen molar-refractivity contribution in [3.8, 4) is 11.4 Å². The summed E-state index contributed by atoms with van der Waals surface area (Å²) in [5.41, 5.74) is 6.75. The molecule has 1 saturated heterocycles. The Morgan fingerprint density at radius 2 is 2.44 bits per heavy atom. The maximum Gasteiger partial charge on any atom is 0.245 e. The number of hydrogen-bond acceptors (Lipinski definition) is 5. The number of aromatic nitrogens is 5. The van der Waals surface area contributed by atoms with E-state index in [0.29, 0.717) is 5.95 Å². The van der Waals surface area contributed by atoms with Gasteiger partial charge in [0.05, 0.1) is 11.8 Å². The third-order valence-electron chi connectivity index (χ3n) is 2.75. The number of nitrogens with one attached hydrogen (secondary N) is 2. The zero-order valence-corrected chi connectivity index (χ0v) is 8.72.